The molecule has 1 aliphatic rings. The van der Waals surface area contributed by atoms with Gasteiger partial charge in [0.25, 0.3) is 10.0 Å². The Labute approximate surface area is 181 Å². The molecule has 0 aliphatic carbocycles. The highest BCUT2D eigenvalue weighted by molar-refractivity contribution is 7.91. The summed E-state index contributed by atoms with van der Waals surface area (Å²) in [5.41, 5.74) is 1.04. The molecule has 1 amide bonds. The number of sulfonamides is 1. The number of carbonyl (C=O) groups excluding carboxylic acids is 2. The average Bonchev–Trinajstić information content (AvgIpc) is 3.30. The fourth-order valence-electron chi connectivity index (χ4n) is 3.22. The van der Waals surface area contributed by atoms with Crippen LogP contribution in [0.25, 0.3) is 0 Å². The van der Waals surface area contributed by atoms with Gasteiger partial charge in [-0.25, -0.2) is 13.2 Å². The zero-order valence-electron chi connectivity index (χ0n) is 16.9. The van der Waals surface area contributed by atoms with E-state index in [4.69, 9.17) is 4.74 Å². The highest BCUT2D eigenvalue weighted by atomic mass is 32.2. The van der Waals surface area contributed by atoms with Crippen LogP contribution in [0.3, 0.4) is 0 Å². The van der Waals surface area contributed by atoms with Gasteiger partial charge in [0.15, 0.2) is 0 Å². The summed E-state index contributed by atoms with van der Waals surface area (Å²) in [6.07, 6.45) is 2.72. The molecular formula is C21H26N2O5S2. The lowest BCUT2D eigenvalue weighted by Crippen LogP contribution is -2.41. The van der Waals surface area contributed by atoms with Gasteiger partial charge in [0, 0.05) is 24.7 Å². The summed E-state index contributed by atoms with van der Waals surface area (Å²) in [6.45, 7) is 3.06. The number of nitrogens with zero attached hydrogens (tertiary/aromatic N) is 1. The first kappa shape index (κ1) is 22.5. The van der Waals surface area contributed by atoms with Gasteiger partial charge in [-0.3, -0.25) is 4.79 Å². The lowest BCUT2D eigenvalue weighted by molar-refractivity contribution is -0.120. The fourth-order valence-corrected chi connectivity index (χ4v) is 5.84. The van der Waals surface area contributed by atoms with Crippen molar-refractivity contribution in [1.82, 2.24) is 4.31 Å². The summed E-state index contributed by atoms with van der Waals surface area (Å²) >= 11 is 1.20. The van der Waals surface area contributed by atoms with E-state index < -0.39 is 10.0 Å². The van der Waals surface area contributed by atoms with Crippen LogP contribution in [-0.2, 0) is 19.6 Å². The van der Waals surface area contributed by atoms with Gasteiger partial charge in [0.2, 0.25) is 5.91 Å². The first-order valence-electron chi connectivity index (χ1n) is 10.0. The Hall–Kier alpha value is -2.23. The van der Waals surface area contributed by atoms with Crippen LogP contribution in [0.15, 0.2) is 46.0 Å². The molecule has 0 atom stereocenters. The molecule has 9 heteroatoms. The van der Waals surface area contributed by atoms with Gasteiger partial charge in [-0.15, -0.1) is 11.3 Å². The third-order valence-corrected chi connectivity index (χ3v) is 8.30. The molecule has 0 bridgehead atoms. The van der Waals surface area contributed by atoms with E-state index in [0.29, 0.717) is 48.0 Å². The van der Waals surface area contributed by atoms with Crippen molar-refractivity contribution in [2.24, 2.45) is 5.92 Å². The van der Waals surface area contributed by atoms with Gasteiger partial charge >= 0.3 is 5.97 Å². The van der Waals surface area contributed by atoms with Crippen LogP contribution in [0.2, 0.25) is 0 Å². The number of ether oxygens (including phenoxy) is 1. The molecule has 1 fully saturated rings. The Morgan fingerprint density at radius 1 is 1.17 bits per heavy atom. The largest absolute Gasteiger partial charge is 0.462 e. The minimum atomic E-state index is -3.47. The molecule has 1 aliphatic heterocycles. The number of hydrogen-bond acceptors (Lipinski definition) is 6. The monoisotopic (exact) mass is 450 g/mol. The van der Waals surface area contributed by atoms with Crippen LogP contribution < -0.4 is 5.32 Å². The quantitative estimate of drug-likeness (QED) is 0.488. The summed E-state index contributed by atoms with van der Waals surface area (Å²) in [4.78, 5) is 24.5. The van der Waals surface area contributed by atoms with E-state index in [-0.39, 0.29) is 17.8 Å². The van der Waals surface area contributed by atoms with Crippen molar-refractivity contribution in [2.45, 2.75) is 36.8 Å². The number of anilines is 1. The van der Waals surface area contributed by atoms with Crippen LogP contribution >= 0.6 is 11.3 Å². The SMILES string of the molecule is CCCCOC(=O)c1ccc(NC(=O)C2CCN(S(=O)(=O)c3cccs3)CC2)cc1. The van der Waals surface area contributed by atoms with Crippen LogP contribution in [0.1, 0.15) is 43.0 Å². The Morgan fingerprint density at radius 2 is 1.87 bits per heavy atom. The fraction of sp³-hybridized carbons (Fsp3) is 0.429. The summed E-state index contributed by atoms with van der Waals surface area (Å²) < 4.78 is 32.1. The molecule has 7 nitrogen and oxygen atoms in total. The lowest BCUT2D eigenvalue weighted by Gasteiger charge is -2.30. The first-order chi connectivity index (χ1) is 14.4. The minimum Gasteiger partial charge on any atom is -0.462 e. The molecular weight excluding hydrogens is 424 g/mol. The Kier molecular flexibility index (Phi) is 7.63. The van der Waals surface area contributed by atoms with E-state index in [1.165, 1.54) is 15.6 Å². The predicted molar refractivity (Wildman–Crippen MR) is 116 cm³/mol. The van der Waals surface area contributed by atoms with Gasteiger partial charge in [-0.05, 0) is 55.0 Å². The molecule has 162 valence electrons. The van der Waals surface area contributed by atoms with E-state index in [1.54, 1.807) is 41.8 Å². The third-order valence-electron chi connectivity index (χ3n) is 5.03. The molecule has 0 unspecified atom stereocenters. The van der Waals surface area contributed by atoms with Crippen LogP contribution in [0, 0.1) is 5.92 Å². The molecule has 1 aromatic carbocycles. The normalized spacial score (nSPS) is 15.6. The number of esters is 1. The number of nitrogens with one attached hydrogen (secondary N) is 1. The molecule has 0 saturated carbocycles. The first-order valence-corrected chi connectivity index (χ1v) is 12.4. The summed E-state index contributed by atoms with van der Waals surface area (Å²) in [6, 6.07) is 9.91. The van der Waals surface area contributed by atoms with Crippen LogP contribution in [-0.4, -0.2) is 44.3 Å². The van der Waals surface area contributed by atoms with Crippen molar-refractivity contribution in [1.29, 1.82) is 0 Å². The van der Waals surface area contributed by atoms with E-state index in [0.717, 1.165) is 12.8 Å². The van der Waals surface area contributed by atoms with Crippen LogP contribution in [0.5, 0.6) is 0 Å². The molecule has 3 rings (SSSR count). The second-order valence-electron chi connectivity index (χ2n) is 7.17. The number of carbonyl (C=O) groups is 2. The lowest BCUT2D eigenvalue weighted by atomic mass is 9.97. The average molecular weight is 451 g/mol. The van der Waals surface area contributed by atoms with Gasteiger partial charge in [0.05, 0.1) is 12.2 Å². The molecule has 2 aromatic rings. The summed E-state index contributed by atoms with van der Waals surface area (Å²) in [7, 11) is -3.47. The van der Waals surface area contributed by atoms with Crippen molar-refractivity contribution in [3.8, 4) is 0 Å². The highest BCUT2D eigenvalue weighted by Gasteiger charge is 2.32. The number of thiophene rings is 1. The smallest absolute Gasteiger partial charge is 0.338 e. The summed E-state index contributed by atoms with van der Waals surface area (Å²) in [5, 5.41) is 4.59. The number of hydrogen-bond donors (Lipinski definition) is 1. The number of amides is 1. The second kappa shape index (κ2) is 10.2. The Morgan fingerprint density at radius 3 is 2.47 bits per heavy atom. The molecule has 2 heterocycles. The zero-order valence-corrected chi connectivity index (χ0v) is 18.5. The van der Waals surface area contributed by atoms with Crippen molar-refractivity contribution >= 4 is 38.9 Å². The number of benzene rings is 1. The maximum atomic E-state index is 12.6. The zero-order chi connectivity index (χ0) is 21.6. The molecule has 1 saturated heterocycles. The highest BCUT2D eigenvalue weighted by Crippen LogP contribution is 2.27. The summed E-state index contributed by atoms with van der Waals surface area (Å²) in [5.74, 6) is -0.763. The van der Waals surface area contributed by atoms with Gasteiger partial charge in [0.1, 0.15) is 4.21 Å². The molecule has 0 radical (unpaired) electrons. The van der Waals surface area contributed by atoms with Crippen molar-refractivity contribution in [2.75, 3.05) is 25.0 Å². The Balaban J connectivity index is 1.50. The van der Waals surface area contributed by atoms with Crippen molar-refractivity contribution in [3.63, 3.8) is 0 Å². The van der Waals surface area contributed by atoms with Crippen LogP contribution in [0.4, 0.5) is 5.69 Å². The van der Waals surface area contributed by atoms with Gasteiger partial charge in [-0.1, -0.05) is 19.4 Å². The number of unbranched alkanes of at least 4 members (excludes halogenated alkanes) is 1. The predicted octanol–water partition coefficient (Wildman–Crippen LogP) is 3.74. The third kappa shape index (κ3) is 5.47. The van der Waals surface area contributed by atoms with E-state index in [1.807, 2.05) is 6.92 Å². The van der Waals surface area contributed by atoms with E-state index in [9.17, 15) is 18.0 Å². The maximum absolute atomic E-state index is 12.6. The van der Waals surface area contributed by atoms with E-state index >= 15 is 0 Å². The van der Waals surface area contributed by atoms with Crippen molar-refractivity contribution < 1.29 is 22.7 Å². The molecule has 1 N–H and O–H groups in total. The minimum absolute atomic E-state index is 0.138. The topological polar surface area (TPSA) is 92.8 Å². The molecule has 0 spiro atoms. The van der Waals surface area contributed by atoms with E-state index in [2.05, 4.69) is 5.32 Å². The second-order valence-corrected chi connectivity index (χ2v) is 10.3. The molecule has 30 heavy (non-hydrogen) atoms. The number of piperidine rings is 1. The van der Waals surface area contributed by atoms with Gasteiger partial charge in [-0.2, -0.15) is 4.31 Å². The van der Waals surface area contributed by atoms with Crippen molar-refractivity contribution in [3.05, 3.63) is 47.3 Å². The molecule has 1 aromatic heterocycles. The van der Waals surface area contributed by atoms with Gasteiger partial charge < -0.3 is 10.1 Å². The Bertz CT molecular complexity index is 948. The number of rotatable bonds is 8. The standard InChI is InChI=1S/C21H26N2O5S2/c1-2-3-14-28-21(25)17-6-8-18(9-7-17)22-20(24)16-10-12-23(13-11-16)30(26,27)19-5-4-15-29-19/h4-9,15-16H,2-3,10-14H2,1H3,(H,22,24). The maximum Gasteiger partial charge on any atom is 0.338 e.